The Morgan fingerprint density at radius 1 is 1.31 bits per heavy atom. The molecule has 1 fully saturated rings. The molecule has 2 atom stereocenters. The van der Waals surface area contributed by atoms with E-state index in [2.05, 4.69) is 0 Å². The molecule has 16 heavy (non-hydrogen) atoms. The number of rotatable bonds is 3. The maximum absolute atomic E-state index is 11.6. The molecule has 0 unspecified atom stereocenters. The number of benzene rings is 1. The molecule has 2 rings (SSSR count). The Morgan fingerprint density at radius 3 is 2.69 bits per heavy atom. The van der Waals surface area contributed by atoms with Crippen LogP contribution in [0.1, 0.15) is 29.6 Å². The minimum Gasteiger partial charge on any atom is -0.462 e. The lowest BCUT2D eigenvalue weighted by atomic mass is 10.1. The van der Waals surface area contributed by atoms with E-state index < -0.39 is 0 Å². The second kappa shape index (κ2) is 5.12. The van der Waals surface area contributed by atoms with Crippen LogP contribution in [0.25, 0.3) is 0 Å². The highest BCUT2D eigenvalue weighted by Crippen LogP contribution is 2.25. The first-order valence-corrected chi connectivity index (χ1v) is 5.67. The lowest BCUT2D eigenvalue weighted by Crippen LogP contribution is -2.21. The minimum atomic E-state index is -0.306. The number of esters is 1. The molecular weight excluding hydrogens is 204 g/mol. The summed E-state index contributed by atoms with van der Waals surface area (Å²) in [5.41, 5.74) is 0.565. The fourth-order valence-electron chi connectivity index (χ4n) is 2.05. The van der Waals surface area contributed by atoms with Crippen LogP contribution in [-0.4, -0.2) is 23.8 Å². The number of ether oxygens (including phenoxy) is 1. The van der Waals surface area contributed by atoms with Crippen LogP contribution >= 0.6 is 0 Å². The maximum atomic E-state index is 11.6. The Balaban J connectivity index is 1.84. The fraction of sp³-hybridized carbons (Fsp3) is 0.462. The van der Waals surface area contributed by atoms with Crippen molar-refractivity contribution in [3.8, 4) is 0 Å². The summed E-state index contributed by atoms with van der Waals surface area (Å²) < 4.78 is 5.18. The molecule has 0 saturated heterocycles. The van der Waals surface area contributed by atoms with Gasteiger partial charge in [0.2, 0.25) is 0 Å². The van der Waals surface area contributed by atoms with Crippen LogP contribution in [0.2, 0.25) is 0 Å². The summed E-state index contributed by atoms with van der Waals surface area (Å²) in [7, 11) is 0. The molecule has 1 aromatic rings. The molecule has 0 aliphatic heterocycles. The Kier molecular flexibility index (Phi) is 3.57. The van der Waals surface area contributed by atoms with Crippen LogP contribution in [0.5, 0.6) is 0 Å². The topological polar surface area (TPSA) is 46.5 Å². The second-order valence-electron chi connectivity index (χ2n) is 4.22. The molecule has 86 valence electrons. The SMILES string of the molecule is O=C(OC[C@@H]1CCC[C@@H]1O)c1ccccc1. The van der Waals surface area contributed by atoms with E-state index >= 15 is 0 Å². The summed E-state index contributed by atoms with van der Waals surface area (Å²) in [4.78, 5) is 11.6. The van der Waals surface area contributed by atoms with Gasteiger partial charge in [0.25, 0.3) is 0 Å². The largest absolute Gasteiger partial charge is 0.462 e. The third-order valence-electron chi connectivity index (χ3n) is 3.06. The number of hydrogen-bond acceptors (Lipinski definition) is 3. The molecule has 0 radical (unpaired) electrons. The summed E-state index contributed by atoms with van der Waals surface area (Å²) in [6.07, 6.45) is 2.49. The lowest BCUT2D eigenvalue weighted by molar-refractivity contribution is 0.0303. The molecule has 3 heteroatoms. The van der Waals surface area contributed by atoms with Crippen molar-refractivity contribution in [2.45, 2.75) is 25.4 Å². The van der Waals surface area contributed by atoms with Gasteiger partial charge in [-0.2, -0.15) is 0 Å². The van der Waals surface area contributed by atoms with Crippen molar-refractivity contribution in [1.29, 1.82) is 0 Å². The Labute approximate surface area is 95.0 Å². The summed E-state index contributed by atoms with van der Waals surface area (Å²) in [6.45, 7) is 0.328. The first kappa shape index (κ1) is 11.1. The molecule has 3 nitrogen and oxygen atoms in total. The first-order chi connectivity index (χ1) is 7.77. The Morgan fingerprint density at radius 2 is 2.06 bits per heavy atom. The molecule has 0 spiro atoms. The Hall–Kier alpha value is -1.35. The molecule has 0 amide bonds. The molecule has 0 aromatic heterocycles. The van der Waals surface area contributed by atoms with E-state index in [9.17, 15) is 9.90 Å². The monoisotopic (exact) mass is 220 g/mol. The van der Waals surface area contributed by atoms with Gasteiger partial charge in [-0.3, -0.25) is 0 Å². The van der Waals surface area contributed by atoms with Crippen molar-refractivity contribution in [3.63, 3.8) is 0 Å². The van der Waals surface area contributed by atoms with E-state index in [1.165, 1.54) is 0 Å². The Bertz CT molecular complexity index is 347. The van der Waals surface area contributed by atoms with E-state index in [1.54, 1.807) is 24.3 Å². The normalized spacial score (nSPS) is 24.3. The van der Waals surface area contributed by atoms with E-state index in [-0.39, 0.29) is 18.0 Å². The highest BCUT2D eigenvalue weighted by atomic mass is 16.5. The standard InChI is InChI=1S/C13H16O3/c14-12-8-4-7-11(12)9-16-13(15)10-5-2-1-3-6-10/h1-3,5-6,11-12,14H,4,7-9H2/t11-,12-/m0/s1. The molecule has 1 aliphatic carbocycles. The number of carbonyl (C=O) groups excluding carboxylic acids is 1. The van der Waals surface area contributed by atoms with E-state index in [4.69, 9.17) is 4.74 Å². The zero-order valence-electron chi connectivity index (χ0n) is 9.13. The third kappa shape index (κ3) is 2.61. The first-order valence-electron chi connectivity index (χ1n) is 5.67. The lowest BCUT2D eigenvalue weighted by Gasteiger charge is -2.14. The predicted octanol–water partition coefficient (Wildman–Crippen LogP) is 2.00. The van der Waals surface area contributed by atoms with Crippen LogP contribution in [0, 0.1) is 5.92 Å². The number of aliphatic hydroxyl groups is 1. The number of aliphatic hydroxyl groups excluding tert-OH is 1. The van der Waals surface area contributed by atoms with Crippen LogP contribution in [0.15, 0.2) is 30.3 Å². The molecule has 0 bridgehead atoms. The van der Waals surface area contributed by atoms with Gasteiger partial charge in [-0.25, -0.2) is 4.79 Å². The van der Waals surface area contributed by atoms with Crippen LogP contribution < -0.4 is 0 Å². The molecule has 1 N–H and O–H groups in total. The minimum absolute atomic E-state index is 0.118. The molecule has 1 aliphatic rings. The number of hydrogen-bond donors (Lipinski definition) is 1. The molecular formula is C13H16O3. The maximum Gasteiger partial charge on any atom is 0.338 e. The smallest absolute Gasteiger partial charge is 0.338 e. The van der Waals surface area contributed by atoms with Crippen molar-refractivity contribution in [3.05, 3.63) is 35.9 Å². The molecule has 1 saturated carbocycles. The van der Waals surface area contributed by atoms with E-state index in [0.717, 1.165) is 19.3 Å². The zero-order valence-corrected chi connectivity index (χ0v) is 9.13. The average molecular weight is 220 g/mol. The van der Waals surface area contributed by atoms with E-state index in [1.807, 2.05) is 6.07 Å². The van der Waals surface area contributed by atoms with E-state index in [0.29, 0.717) is 12.2 Å². The van der Waals surface area contributed by atoms with Gasteiger partial charge < -0.3 is 9.84 Å². The van der Waals surface area contributed by atoms with Crippen molar-refractivity contribution in [2.75, 3.05) is 6.61 Å². The van der Waals surface area contributed by atoms with Crippen LogP contribution in [-0.2, 0) is 4.74 Å². The van der Waals surface area contributed by atoms with Gasteiger partial charge in [0.15, 0.2) is 0 Å². The fourth-order valence-corrected chi connectivity index (χ4v) is 2.05. The molecule has 1 aromatic carbocycles. The van der Waals surface area contributed by atoms with Gasteiger partial charge in [0, 0.05) is 5.92 Å². The third-order valence-corrected chi connectivity index (χ3v) is 3.06. The number of carbonyl (C=O) groups is 1. The van der Waals surface area contributed by atoms with Gasteiger partial charge in [-0.15, -0.1) is 0 Å². The van der Waals surface area contributed by atoms with Crippen molar-refractivity contribution < 1.29 is 14.6 Å². The van der Waals surface area contributed by atoms with Gasteiger partial charge in [-0.05, 0) is 25.0 Å². The highest BCUT2D eigenvalue weighted by molar-refractivity contribution is 5.89. The summed E-state index contributed by atoms with van der Waals surface area (Å²) in [5, 5.41) is 9.58. The molecule has 0 heterocycles. The summed E-state index contributed by atoms with van der Waals surface area (Å²) >= 11 is 0. The van der Waals surface area contributed by atoms with Gasteiger partial charge in [0.05, 0.1) is 18.3 Å². The zero-order chi connectivity index (χ0) is 11.4. The van der Waals surface area contributed by atoms with Crippen LogP contribution in [0.4, 0.5) is 0 Å². The highest BCUT2D eigenvalue weighted by Gasteiger charge is 2.26. The summed E-state index contributed by atoms with van der Waals surface area (Å²) in [6, 6.07) is 8.93. The van der Waals surface area contributed by atoms with Crippen molar-refractivity contribution >= 4 is 5.97 Å². The van der Waals surface area contributed by atoms with Gasteiger partial charge in [0.1, 0.15) is 0 Å². The van der Waals surface area contributed by atoms with Gasteiger partial charge in [-0.1, -0.05) is 24.6 Å². The van der Waals surface area contributed by atoms with Crippen LogP contribution in [0.3, 0.4) is 0 Å². The second-order valence-corrected chi connectivity index (χ2v) is 4.22. The van der Waals surface area contributed by atoms with Crippen molar-refractivity contribution in [1.82, 2.24) is 0 Å². The van der Waals surface area contributed by atoms with Crippen molar-refractivity contribution in [2.24, 2.45) is 5.92 Å². The summed E-state index contributed by atoms with van der Waals surface area (Å²) in [5.74, 6) is -0.188. The average Bonchev–Trinajstić information content (AvgIpc) is 2.73. The quantitative estimate of drug-likeness (QED) is 0.792. The predicted molar refractivity (Wildman–Crippen MR) is 60.1 cm³/mol. The van der Waals surface area contributed by atoms with Gasteiger partial charge >= 0.3 is 5.97 Å².